The second kappa shape index (κ2) is 4.53. The van der Waals surface area contributed by atoms with Gasteiger partial charge in [-0.1, -0.05) is 24.2 Å². The number of rotatable bonds is 3. The molecule has 0 bridgehead atoms. The Balaban J connectivity index is 1.72. The number of hydrogen-bond donors (Lipinski definition) is 2. The number of aromatic nitrogens is 1. The highest BCUT2D eigenvalue weighted by Gasteiger charge is 2.15. The summed E-state index contributed by atoms with van der Waals surface area (Å²) in [5.74, 6) is 0.840. The van der Waals surface area contributed by atoms with E-state index in [9.17, 15) is 0 Å². The summed E-state index contributed by atoms with van der Waals surface area (Å²) in [5.41, 5.74) is 7.61. The van der Waals surface area contributed by atoms with Gasteiger partial charge >= 0.3 is 0 Å². The first kappa shape index (κ1) is 10.8. The van der Waals surface area contributed by atoms with E-state index < -0.39 is 0 Å². The van der Waals surface area contributed by atoms with Crippen LogP contribution in [0.1, 0.15) is 25.7 Å². The van der Waals surface area contributed by atoms with E-state index in [2.05, 4.69) is 10.3 Å². The number of benzene rings is 1. The van der Waals surface area contributed by atoms with Crippen LogP contribution in [0.15, 0.2) is 18.2 Å². The Kier molecular flexibility index (Phi) is 2.89. The maximum absolute atomic E-state index is 5.77. The molecule has 0 radical (unpaired) electrons. The first-order valence-corrected chi connectivity index (χ1v) is 7.03. The number of thiazole rings is 1. The highest BCUT2D eigenvalue weighted by Crippen LogP contribution is 2.29. The molecule has 0 saturated heterocycles. The zero-order valence-electron chi connectivity index (χ0n) is 9.78. The molecule has 1 heterocycles. The van der Waals surface area contributed by atoms with Gasteiger partial charge in [-0.05, 0) is 37.0 Å². The average Bonchev–Trinajstić information content (AvgIpc) is 2.94. The van der Waals surface area contributed by atoms with E-state index in [0.717, 1.165) is 28.8 Å². The molecule has 0 aliphatic heterocycles. The van der Waals surface area contributed by atoms with Crippen LogP contribution in [0.5, 0.6) is 0 Å². The van der Waals surface area contributed by atoms with Crippen LogP contribution in [0.2, 0.25) is 0 Å². The van der Waals surface area contributed by atoms with Crippen LogP contribution in [0, 0.1) is 5.92 Å². The highest BCUT2D eigenvalue weighted by molar-refractivity contribution is 7.22. The van der Waals surface area contributed by atoms with Crippen molar-refractivity contribution in [3.05, 3.63) is 18.2 Å². The van der Waals surface area contributed by atoms with Crippen LogP contribution in [-0.2, 0) is 0 Å². The minimum absolute atomic E-state index is 0.809. The first-order valence-electron chi connectivity index (χ1n) is 6.21. The van der Waals surface area contributed by atoms with Crippen molar-refractivity contribution in [1.29, 1.82) is 0 Å². The topological polar surface area (TPSA) is 50.9 Å². The maximum atomic E-state index is 5.77. The standard InChI is InChI=1S/C13H17N3S/c14-10-5-6-11-12(7-10)17-13(16-11)15-8-9-3-1-2-4-9/h5-7,9H,1-4,8,14H2,(H,15,16). The fourth-order valence-electron chi connectivity index (χ4n) is 2.46. The molecule has 1 aromatic carbocycles. The van der Waals surface area contributed by atoms with Gasteiger partial charge in [0.2, 0.25) is 0 Å². The summed E-state index contributed by atoms with van der Waals surface area (Å²) < 4.78 is 1.17. The van der Waals surface area contributed by atoms with E-state index >= 15 is 0 Å². The van der Waals surface area contributed by atoms with Gasteiger partial charge in [-0.25, -0.2) is 4.98 Å². The Morgan fingerprint density at radius 1 is 1.35 bits per heavy atom. The highest BCUT2D eigenvalue weighted by atomic mass is 32.1. The lowest BCUT2D eigenvalue weighted by Gasteiger charge is -2.08. The van der Waals surface area contributed by atoms with Gasteiger partial charge in [-0.2, -0.15) is 0 Å². The lowest BCUT2D eigenvalue weighted by molar-refractivity contribution is 0.580. The predicted molar refractivity (Wildman–Crippen MR) is 74.5 cm³/mol. The molecule has 3 rings (SSSR count). The van der Waals surface area contributed by atoms with Crippen molar-refractivity contribution in [2.75, 3.05) is 17.6 Å². The number of anilines is 2. The van der Waals surface area contributed by atoms with Gasteiger partial charge in [0.05, 0.1) is 10.2 Å². The molecule has 2 aromatic rings. The smallest absolute Gasteiger partial charge is 0.183 e. The summed E-state index contributed by atoms with van der Waals surface area (Å²) in [6.45, 7) is 1.06. The summed E-state index contributed by atoms with van der Waals surface area (Å²) in [4.78, 5) is 4.57. The lowest BCUT2D eigenvalue weighted by Crippen LogP contribution is -2.10. The molecule has 1 aromatic heterocycles. The normalized spacial score (nSPS) is 16.7. The molecule has 90 valence electrons. The van der Waals surface area contributed by atoms with E-state index in [1.165, 1.54) is 30.4 Å². The predicted octanol–water partition coefficient (Wildman–Crippen LogP) is 3.48. The Labute approximate surface area is 105 Å². The van der Waals surface area contributed by atoms with Gasteiger partial charge in [0.15, 0.2) is 5.13 Å². The second-order valence-corrected chi connectivity index (χ2v) is 5.81. The molecule has 1 saturated carbocycles. The minimum Gasteiger partial charge on any atom is -0.399 e. The zero-order valence-corrected chi connectivity index (χ0v) is 10.6. The third-order valence-electron chi connectivity index (χ3n) is 3.43. The lowest BCUT2D eigenvalue weighted by atomic mass is 10.1. The van der Waals surface area contributed by atoms with Crippen molar-refractivity contribution < 1.29 is 0 Å². The summed E-state index contributed by atoms with van der Waals surface area (Å²) in [7, 11) is 0. The Morgan fingerprint density at radius 3 is 3.00 bits per heavy atom. The number of nitrogens with two attached hydrogens (primary N) is 1. The van der Waals surface area contributed by atoms with E-state index in [4.69, 9.17) is 5.73 Å². The van der Waals surface area contributed by atoms with Crippen molar-refractivity contribution in [2.24, 2.45) is 5.92 Å². The summed E-state index contributed by atoms with van der Waals surface area (Å²) >= 11 is 1.69. The molecule has 0 atom stereocenters. The van der Waals surface area contributed by atoms with Gasteiger partial charge in [0.1, 0.15) is 0 Å². The third kappa shape index (κ3) is 2.36. The van der Waals surface area contributed by atoms with Crippen LogP contribution in [0.4, 0.5) is 10.8 Å². The summed E-state index contributed by atoms with van der Waals surface area (Å²) in [6, 6.07) is 5.89. The fourth-order valence-corrected chi connectivity index (χ4v) is 3.38. The molecule has 1 aliphatic rings. The van der Waals surface area contributed by atoms with Gasteiger partial charge in [-0.3, -0.25) is 0 Å². The number of nitrogens with zero attached hydrogens (tertiary/aromatic N) is 1. The largest absolute Gasteiger partial charge is 0.399 e. The van der Waals surface area contributed by atoms with Crippen molar-refractivity contribution >= 4 is 32.4 Å². The van der Waals surface area contributed by atoms with Gasteiger partial charge in [0, 0.05) is 12.2 Å². The molecule has 0 spiro atoms. The van der Waals surface area contributed by atoms with Crippen LogP contribution in [0.25, 0.3) is 10.2 Å². The maximum Gasteiger partial charge on any atom is 0.183 e. The van der Waals surface area contributed by atoms with Crippen LogP contribution >= 0.6 is 11.3 Å². The molecule has 4 heteroatoms. The Morgan fingerprint density at radius 2 is 2.18 bits per heavy atom. The second-order valence-electron chi connectivity index (χ2n) is 4.78. The molecule has 1 aliphatic carbocycles. The zero-order chi connectivity index (χ0) is 11.7. The third-order valence-corrected chi connectivity index (χ3v) is 4.41. The quantitative estimate of drug-likeness (QED) is 0.816. The molecule has 3 N–H and O–H groups in total. The fraction of sp³-hybridized carbons (Fsp3) is 0.462. The van der Waals surface area contributed by atoms with Crippen molar-refractivity contribution in [3.63, 3.8) is 0 Å². The Hall–Kier alpha value is -1.29. The first-order chi connectivity index (χ1) is 8.31. The van der Waals surface area contributed by atoms with E-state index in [0.29, 0.717) is 0 Å². The summed E-state index contributed by atoms with van der Waals surface area (Å²) in [6.07, 6.45) is 5.52. The number of nitrogens with one attached hydrogen (secondary N) is 1. The van der Waals surface area contributed by atoms with Crippen LogP contribution < -0.4 is 11.1 Å². The van der Waals surface area contributed by atoms with Crippen LogP contribution in [0.3, 0.4) is 0 Å². The Bertz CT molecular complexity index is 514. The minimum atomic E-state index is 0.809. The van der Waals surface area contributed by atoms with E-state index in [1.54, 1.807) is 11.3 Å². The molecular weight excluding hydrogens is 230 g/mol. The molecule has 3 nitrogen and oxygen atoms in total. The van der Waals surface area contributed by atoms with E-state index in [1.807, 2.05) is 18.2 Å². The molecule has 0 amide bonds. The van der Waals surface area contributed by atoms with Crippen molar-refractivity contribution in [2.45, 2.75) is 25.7 Å². The van der Waals surface area contributed by atoms with E-state index in [-0.39, 0.29) is 0 Å². The van der Waals surface area contributed by atoms with Crippen molar-refractivity contribution in [1.82, 2.24) is 4.98 Å². The SMILES string of the molecule is Nc1ccc2nc(NCC3CCCC3)sc2c1. The van der Waals surface area contributed by atoms with Crippen LogP contribution in [-0.4, -0.2) is 11.5 Å². The number of fused-ring (bicyclic) bond motifs is 1. The average molecular weight is 247 g/mol. The van der Waals surface area contributed by atoms with Gasteiger partial charge in [-0.15, -0.1) is 0 Å². The molecule has 0 unspecified atom stereocenters. The number of hydrogen-bond acceptors (Lipinski definition) is 4. The molecular formula is C13H17N3S. The summed E-state index contributed by atoms with van der Waals surface area (Å²) in [5, 5.41) is 4.49. The monoisotopic (exact) mass is 247 g/mol. The molecule has 1 fully saturated rings. The number of nitrogen functional groups attached to an aromatic ring is 1. The van der Waals surface area contributed by atoms with Gasteiger partial charge < -0.3 is 11.1 Å². The van der Waals surface area contributed by atoms with Crippen molar-refractivity contribution in [3.8, 4) is 0 Å². The molecule has 17 heavy (non-hydrogen) atoms. The van der Waals surface area contributed by atoms with Gasteiger partial charge in [0.25, 0.3) is 0 Å².